The van der Waals surface area contributed by atoms with Gasteiger partial charge in [0.1, 0.15) is 5.78 Å². The number of carbonyl (C=O) groups is 1. The molecule has 0 bridgehead atoms. The Morgan fingerprint density at radius 2 is 1.47 bits per heavy atom. The van der Waals surface area contributed by atoms with E-state index in [9.17, 15) is 4.79 Å². The number of ketones is 1. The zero-order valence-corrected chi connectivity index (χ0v) is 12.2. The molecule has 17 heavy (non-hydrogen) atoms. The van der Waals surface area contributed by atoms with E-state index in [4.69, 9.17) is 0 Å². The third kappa shape index (κ3) is 11.4. The number of hydrogen-bond donors (Lipinski definition) is 0. The van der Waals surface area contributed by atoms with E-state index in [2.05, 4.69) is 39.8 Å². The average Bonchev–Trinajstić information content (AvgIpc) is 2.15. The van der Waals surface area contributed by atoms with E-state index >= 15 is 0 Å². The quantitative estimate of drug-likeness (QED) is 0.537. The second-order valence-corrected chi connectivity index (χ2v) is 5.48. The van der Waals surface area contributed by atoms with Gasteiger partial charge in [0.15, 0.2) is 0 Å². The van der Waals surface area contributed by atoms with Crippen LogP contribution in [0.5, 0.6) is 0 Å². The van der Waals surface area contributed by atoms with Crippen LogP contribution in [0.25, 0.3) is 0 Å². The lowest BCUT2D eigenvalue weighted by molar-refractivity contribution is -0.116. The first-order chi connectivity index (χ1) is 7.91. The maximum absolute atomic E-state index is 10.8. The normalized spacial score (nSPS) is 13.3. The highest BCUT2D eigenvalue weighted by molar-refractivity contribution is 5.75. The highest BCUT2D eigenvalue weighted by Gasteiger charge is 1.96. The van der Waals surface area contributed by atoms with Crippen molar-refractivity contribution in [2.24, 2.45) is 5.92 Å². The van der Waals surface area contributed by atoms with Gasteiger partial charge in [-0.1, -0.05) is 37.1 Å². The molecule has 0 aromatic carbocycles. The Morgan fingerprint density at radius 1 is 0.941 bits per heavy atom. The summed E-state index contributed by atoms with van der Waals surface area (Å²) >= 11 is 0. The summed E-state index contributed by atoms with van der Waals surface area (Å²) in [4.78, 5) is 10.8. The smallest absolute Gasteiger partial charge is 0.130 e. The summed E-state index contributed by atoms with van der Waals surface area (Å²) in [6, 6.07) is 0. The molecule has 1 heteroatoms. The first-order valence-corrected chi connectivity index (χ1v) is 6.72. The van der Waals surface area contributed by atoms with Gasteiger partial charge in [-0.15, -0.1) is 0 Å². The molecule has 0 heterocycles. The summed E-state index contributed by atoms with van der Waals surface area (Å²) in [6.07, 6.45) is 9.58. The van der Waals surface area contributed by atoms with Crippen LogP contribution in [0, 0.1) is 5.92 Å². The lowest BCUT2D eigenvalue weighted by atomic mass is 10.0. The van der Waals surface area contributed by atoms with Crippen molar-refractivity contribution >= 4 is 5.78 Å². The van der Waals surface area contributed by atoms with Crippen LogP contribution in [0.1, 0.15) is 66.7 Å². The van der Waals surface area contributed by atoms with Crippen molar-refractivity contribution in [1.82, 2.24) is 0 Å². The zero-order valence-electron chi connectivity index (χ0n) is 12.2. The zero-order chi connectivity index (χ0) is 13.3. The minimum Gasteiger partial charge on any atom is -0.300 e. The van der Waals surface area contributed by atoms with Gasteiger partial charge in [0.25, 0.3) is 0 Å². The molecule has 0 rings (SSSR count). The summed E-state index contributed by atoms with van der Waals surface area (Å²) in [5.74, 6) is 1.03. The molecule has 0 aliphatic heterocycles. The van der Waals surface area contributed by atoms with Gasteiger partial charge in [-0.05, 0) is 52.4 Å². The van der Waals surface area contributed by atoms with E-state index < -0.39 is 0 Å². The Kier molecular flexibility index (Phi) is 8.75. The maximum Gasteiger partial charge on any atom is 0.130 e. The first-order valence-electron chi connectivity index (χ1n) is 6.72. The van der Waals surface area contributed by atoms with Gasteiger partial charge in [0.05, 0.1) is 0 Å². The van der Waals surface area contributed by atoms with Gasteiger partial charge in [-0.25, -0.2) is 0 Å². The molecule has 0 aromatic rings. The number of rotatable bonds is 8. The van der Waals surface area contributed by atoms with Crippen LogP contribution in [0.15, 0.2) is 23.3 Å². The number of carbonyl (C=O) groups excluding carboxylic acids is 1. The summed E-state index contributed by atoms with van der Waals surface area (Å²) in [5, 5.41) is 0. The third-order valence-corrected chi connectivity index (χ3v) is 2.75. The van der Waals surface area contributed by atoms with Crippen molar-refractivity contribution in [3.63, 3.8) is 0 Å². The molecule has 0 radical (unpaired) electrons. The summed E-state index contributed by atoms with van der Waals surface area (Å²) in [6.45, 7) is 10.5. The van der Waals surface area contributed by atoms with Crippen LogP contribution >= 0.6 is 0 Å². The van der Waals surface area contributed by atoms with Crippen LogP contribution in [0.2, 0.25) is 0 Å². The van der Waals surface area contributed by atoms with Crippen LogP contribution in [-0.4, -0.2) is 5.78 Å². The predicted molar refractivity (Wildman–Crippen MR) is 76.1 cm³/mol. The minimum atomic E-state index is 0.279. The molecule has 0 fully saturated rings. The lowest BCUT2D eigenvalue weighted by Crippen LogP contribution is -1.89. The summed E-state index contributed by atoms with van der Waals surface area (Å²) in [7, 11) is 0. The van der Waals surface area contributed by atoms with Gasteiger partial charge < -0.3 is 4.79 Å². The van der Waals surface area contributed by atoms with E-state index in [1.807, 2.05) is 0 Å². The molecule has 0 atom stereocenters. The molecule has 0 amide bonds. The van der Waals surface area contributed by atoms with E-state index in [0.29, 0.717) is 6.42 Å². The standard InChI is InChI=1S/C16H28O/c1-13(2)12-15(4)10-6-8-14(3)9-7-11-16(5)17/h9-10,13H,6-8,11-12H2,1-5H3. The molecular weight excluding hydrogens is 208 g/mol. The molecule has 0 saturated heterocycles. The monoisotopic (exact) mass is 236 g/mol. The van der Waals surface area contributed by atoms with Crippen molar-refractivity contribution in [3.8, 4) is 0 Å². The van der Waals surface area contributed by atoms with Gasteiger partial charge in [0.2, 0.25) is 0 Å². The molecule has 0 spiro atoms. The minimum absolute atomic E-state index is 0.279. The van der Waals surface area contributed by atoms with Crippen molar-refractivity contribution in [2.75, 3.05) is 0 Å². The third-order valence-electron chi connectivity index (χ3n) is 2.75. The fourth-order valence-electron chi connectivity index (χ4n) is 1.90. The fourth-order valence-corrected chi connectivity index (χ4v) is 1.90. The first kappa shape index (κ1) is 16.1. The Morgan fingerprint density at radius 3 is 2.00 bits per heavy atom. The highest BCUT2D eigenvalue weighted by atomic mass is 16.1. The number of hydrogen-bond acceptors (Lipinski definition) is 1. The Hall–Kier alpha value is -0.850. The van der Waals surface area contributed by atoms with Gasteiger partial charge in [0, 0.05) is 6.42 Å². The van der Waals surface area contributed by atoms with E-state index in [-0.39, 0.29) is 5.78 Å². The van der Waals surface area contributed by atoms with Crippen LogP contribution < -0.4 is 0 Å². The molecule has 1 nitrogen and oxygen atoms in total. The molecule has 0 aliphatic rings. The maximum atomic E-state index is 10.8. The second-order valence-electron chi connectivity index (χ2n) is 5.48. The number of allylic oxidation sites excluding steroid dienone is 4. The summed E-state index contributed by atoms with van der Waals surface area (Å²) < 4.78 is 0. The lowest BCUT2D eigenvalue weighted by Gasteiger charge is -2.05. The van der Waals surface area contributed by atoms with Crippen molar-refractivity contribution in [2.45, 2.75) is 66.7 Å². The average molecular weight is 236 g/mol. The van der Waals surface area contributed by atoms with Gasteiger partial charge in [-0.3, -0.25) is 0 Å². The highest BCUT2D eigenvalue weighted by Crippen LogP contribution is 2.13. The molecule has 0 aliphatic carbocycles. The van der Waals surface area contributed by atoms with Crippen molar-refractivity contribution in [1.29, 1.82) is 0 Å². The topological polar surface area (TPSA) is 17.1 Å². The molecule has 0 aromatic heterocycles. The fraction of sp³-hybridized carbons (Fsp3) is 0.688. The number of Topliss-reactive ketones (excluding diaryl/α,β-unsaturated/α-hetero) is 1. The molecule has 98 valence electrons. The van der Waals surface area contributed by atoms with Gasteiger partial charge in [-0.2, -0.15) is 0 Å². The largest absolute Gasteiger partial charge is 0.300 e. The van der Waals surface area contributed by atoms with E-state index in [1.165, 1.54) is 17.6 Å². The van der Waals surface area contributed by atoms with Crippen LogP contribution in [0.3, 0.4) is 0 Å². The Balaban J connectivity index is 3.83. The molecule has 0 N–H and O–H groups in total. The molecule has 0 unspecified atom stereocenters. The van der Waals surface area contributed by atoms with Crippen LogP contribution in [0.4, 0.5) is 0 Å². The molecule has 0 saturated carbocycles. The van der Waals surface area contributed by atoms with E-state index in [0.717, 1.165) is 25.2 Å². The Bertz CT molecular complexity index is 282. The second kappa shape index (κ2) is 9.21. The SMILES string of the molecule is CC(=O)CCC=C(C)CCC=C(C)CC(C)C. The van der Waals surface area contributed by atoms with Gasteiger partial charge >= 0.3 is 0 Å². The predicted octanol–water partition coefficient (Wildman–Crippen LogP) is 5.07. The van der Waals surface area contributed by atoms with Crippen molar-refractivity contribution in [3.05, 3.63) is 23.3 Å². The van der Waals surface area contributed by atoms with Crippen molar-refractivity contribution < 1.29 is 4.79 Å². The van der Waals surface area contributed by atoms with E-state index in [1.54, 1.807) is 6.92 Å². The summed E-state index contributed by atoms with van der Waals surface area (Å²) in [5.41, 5.74) is 2.90. The Labute approximate surface area is 107 Å². The molecular formula is C16H28O. The van der Waals surface area contributed by atoms with Crippen LogP contribution in [-0.2, 0) is 4.79 Å².